The fourth-order valence-electron chi connectivity index (χ4n) is 2.65. The van der Waals surface area contributed by atoms with E-state index in [-0.39, 0.29) is 29.2 Å². The molecule has 2 aromatic rings. The van der Waals surface area contributed by atoms with Crippen LogP contribution in [0.3, 0.4) is 0 Å². The molecule has 1 fully saturated rings. The summed E-state index contributed by atoms with van der Waals surface area (Å²) in [7, 11) is -2.15. The van der Waals surface area contributed by atoms with E-state index < -0.39 is 10.0 Å². The highest BCUT2D eigenvalue weighted by atomic mass is 32.2. The maximum atomic E-state index is 12.4. The molecule has 0 aromatic heterocycles. The molecule has 0 heterocycles. The number of anilines is 2. The van der Waals surface area contributed by atoms with E-state index in [0.29, 0.717) is 22.7 Å². The summed E-state index contributed by atoms with van der Waals surface area (Å²) >= 11 is 0. The molecule has 0 atom stereocenters. The van der Waals surface area contributed by atoms with E-state index in [0.717, 1.165) is 12.8 Å². The Hall–Kier alpha value is -2.91. The minimum absolute atomic E-state index is 0.00122. The van der Waals surface area contributed by atoms with Gasteiger partial charge in [-0.2, -0.15) is 0 Å². The number of carbonyl (C=O) groups is 2. The predicted molar refractivity (Wildman–Crippen MR) is 110 cm³/mol. The standard InChI is InChI=1S/C20H23N3O5S/c1-13(24)14-3-5-15(6-4-14)22-20(25)12-21-18-11-17(9-10-19(18)28-2)29(26,27)23-16-7-8-16/h3-6,9-11,16,21,23H,7-8,12H2,1-2H3,(H,22,25). The van der Waals surface area contributed by atoms with Crippen molar-refractivity contribution in [1.29, 1.82) is 0 Å². The molecule has 8 nitrogen and oxygen atoms in total. The molecule has 0 saturated heterocycles. The molecule has 0 aliphatic heterocycles. The summed E-state index contributed by atoms with van der Waals surface area (Å²) in [6, 6.07) is 11.0. The van der Waals surface area contributed by atoms with E-state index >= 15 is 0 Å². The van der Waals surface area contributed by atoms with Crippen LogP contribution in [-0.2, 0) is 14.8 Å². The normalized spacial score (nSPS) is 13.6. The average molecular weight is 417 g/mol. The van der Waals surface area contributed by atoms with Crippen molar-refractivity contribution >= 4 is 33.1 Å². The monoisotopic (exact) mass is 417 g/mol. The van der Waals surface area contributed by atoms with Crippen LogP contribution in [0.15, 0.2) is 47.4 Å². The first kappa shape index (κ1) is 20.8. The molecule has 1 saturated carbocycles. The maximum absolute atomic E-state index is 12.4. The topological polar surface area (TPSA) is 114 Å². The molecule has 0 radical (unpaired) electrons. The lowest BCUT2D eigenvalue weighted by molar-refractivity contribution is -0.114. The number of nitrogens with one attached hydrogen (secondary N) is 3. The zero-order chi connectivity index (χ0) is 21.0. The molecule has 1 amide bonds. The van der Waals surface area contributed by atoms with Crippen LogP contribution in [0, 0.1) is 0 Å². The number of hydrogen-bond donors (Lipinski definition) is 3. The van der Waals surface area contributed by atoms with Gasteiger partial charge in [-0.15, -0.1) is 0 Å². The predicted octanol–water partition coefficient (Wildman–Crippen LogP) is 2.39. The highest BCUT2D eigenvalue weighted by Crippen LogP contribution is 2.29. The third-order valence-electron chi connectivity index (χ3n) is 4.39. The summed E-state index contributed by atoms with van der Waals surface area (Å²) in [6.45, 7) is 1.38. The van der Waals surface area contributed by atoms with Crippen molar-refractivity contribution in [3.8, 4) is 5.75 Å². The Morgan fingerprint density at radius 1 is 1.10 bits per heavy atom. The SMILES string of the molecule is COc1ccc(S(=O)(=O)NC2CC2)cc1NCC(=O)Nc1ccc(C(C)=O)cc1. The van der Waals surface area contributed by atoms with Gasteiger partial charge < -0.3 is 15.4 Å². The molecule has 0 unspecified atom stereocenters. The largest absolute Gasteiger partial charge is 0.495 e. The molecule has 0 spiro atoms. The first-order valence-corrected chi connectivity index (χ1v) is 10.6. The number of benzene rings is 2. The molecule has 1 aliphatic rings. The van der Waals surface area contributed by atoms with Gasteiger partial charge in [-0.1, -0.05) is 0 Å². The van der Waals surface area contributed by atoms with Crippen LogP contribution >= 0.6 is 0 Å². The average Bonchev–Trinajstić information content (AvgIpc) is 3.49. The first-order valence-electron chi connectivity index (χ1n) is 9.13. The van der Waals surface area contributed by atoms with Gasteiger partial charge in [-0.05, 0) is 62.2 Å². The second-order valence-electron chi connectivity index (χ2n) is 6.79. The van der Waals surface area contributed by atoms with Crippen molar-refractivity contribution in [3.05, 3.63) is 48.0 Å². The minimum atomic E-state index is -3.62. The Labute approximate surface area is 169 Å². The van der Waals surface area contributed by atoms with Crippen LogP contribution in [0.2, 0.25) is 0 Å². The van der Waals surface area contributed by atoms with Crippen LogP contribution in [0.1, 0.15) is 30.1 Å². The minimum Gasteiger partial charge on any atom is -0.495 e. The van der Waals surface area contributed by atoms with E-state index in [2.05, 4.69) is 15.4 Å². The smallest absolute Gasteiger partial charge is 0.243 e. The number of rotatable bonds is 9. The number of hydrogen-bond acceptors (Lipinski definition) is 6. The summed E-state index contributed by atoms with van der Waals surface area (Å²) < 4.78 is 32.7. The summed E-state index contributed by atoms with van der Waals surface area (Å²) in [6.07, 6.45) is 1.68. The molecular weight excluding hydrogens is 394 g/mol. The number of sulfonamides is 1. The molecule has 154 valence electrons. The van der Waals surface area contributed by atoms with Crippen LogP contribution < -0.4 is 20.1 Å². The van der Waals surface area contributed by atoms with Gasteiger partial charge in [0.25, 0.3) is 0 Å². The van der Waals surface area contributed by atoms with E-state index in [1.807, 2.05) is 0 Å². The quantitative estimate of drug-likeness (QED) is 0.540. The molecule has 3 rings (SSSR count). The number of Topliss-reactive ketones (excluding diaryl/α,β-unsaturated/α-hetero) is 1. The van der Waals surface area contributed by atoms with Gasteiger partial charge in [0.15, 0.2) is 5.78 Å². The lowest BCUT2D eigenvalue weighted by Crippen LogP contribution is -2.26. The van der Waals surface area contributed by atoms with Gasteiger partial charge in [0.1, 0.15) is 5.75 Å². The van der Waals surface area contributed by atoms with Gasteiger partial charge in [-0.25, -0.2) is 13.1 Å². The van der Waals surface area contributed by atoms with E-state index in [1.165, 1.54) is 26.2 Å². The van der Waals surface area contributed by atoms with Gasteiger partial charge in [-0.3, -0.25) is 9.59 Å². The van der Waals surface area contributed by atoms with Crippen molar-refractivity contribution in [2.24, 2.45) is 0 Å². The Bertz CT molecular complexity index is 1010. The van der Waals surface area contributed by atoms with Crippen molar-refractivity contribution in [3.63, 3.8) is 0 Å². The number of ether oxygens (including phenoxy) is 1. The van der Waals surface area contributed by atoms with Crippen LogP contribution in [0.25, 0.3) is 0 Å². The second-order valence-corrected chi connectivity index (χ2v) is 8.51. The zero-order valence-corrected chi connectivity index (χ0v) is 17.0. The van der Waals surface area contributed by atoms with Gasteiger partial charge in [0.2, 0.25) is 15.9 Å². The Balaban J connectivity index is 1.66. The second kappa shape index (κ2) is 8.62. The summed E-state index contributed by atoms with van der Waals surface area (Å²) in [5, 5.41) is 5.62. The number of carbonyl (C=O) groups excluding carboxylic acids is 2. The van der Waals surface area contributed by atoms with Gasteiger partial charge >= 0.3 is 0 Å². The molecule has 2 aromatic carbocycles. The molecule has 3 N–H and O–H groups in total. The van der Waals surface area contributed by atoms with E-state index in [1.54, 1.807) is 30.3 Å². The van der Waals surface area contributed by atoms with Crippen molar-refractivity contribution in [2.75, 3.05) is 24.3 Å². The number of methoxy groups -OCH3 is 1. The van der Waals surface area contributed by atoms with Crippen molar-refractivity contribution in [1.82, 2.24) is 4.72 Å². The highest BCUT2D eigenvalue weighted by Gasteiger charge is 2.28. The Morgan fingerprint density at radius 3 is 2.38 bits per heavy atom. The van der Waals surface area contributed by atoms with Gasteiger partial charge in [0.05, 0.1) is 24.2 Å². The number of amides is 1. The van der Waals surface area contributed by atoms with Crippen molar-refractivity contribution in [2.45, 2.75) is 30.7 Å². The Kier molecular flexibility index (Phi) is 6.19. The lowest BCUT2D eigenvalue weighted by atomic mass is 10.1. The molecule has 1 aliphatic carbocycles. The lowest BCUT2D eigenvalue weighted by Gasteiger charge is -2.14. The molecule has 29 heavy (non-hydrogen) atoms. The molecule has 9 heteroatoms. The van der Waals surface area contributed by atoms with Crippen LogP contribution in [-0.4, -0.2) is 39.8 Å². The highest BCUT2D eigenvalue weighted by molar-refractivity contribution is 7.89. The van der Waals surface area contributed by atoms with E-state index in [9.17, 15) is 18.0 Å². The summed E-state index contributed by atoms with van der Waals surface area (Å²) in [4.78, 5) is 23.6. The maximum Gasteiger partial charge on any atom is 0.243 e. The summed E-state index contributed by atoms with van der Waals surface area (Å²) in [5.74, 6) is 0.0450. The van der Waals surface area contributed by atoms with Crippen LogP contribution in [0.5, 0.6) is 5.75 Å². The fourth-order valence-corrected chi connectivity index (χ4v) is 3.98. The van der Waals surface area contributed by atoms with Gasteiger partial charge in [0, 0.05) is 17.3 Å². The molecule has 0 bridgehead atoms. The Morgan fingerprint density at radius 2 is 1.79 bits per heavy atom. The first-order chi connectivity index (χ1) is 13.8. The fraction of sp³-hybridized carbons (Fsp3) is 0.300. The van der Waals surface area contributed by atoms with Crippen LogP contribution in [0.4, 0.5) is 11.4 Å². The summed E-state index contributed by atoms with van der Waals surface area (Å²) in [5.41, 5.74) is 1.51. The zero-order valence-electron chi connectivity index (χ0n) is 16.2. The number of ketones is 1. The third-order valence-corrected chi connectivity index (χ3v) is 5.91. The van der Waals surface area contributed by atoms with Crippen molar-refractivity contribution < 1.29 is 22.7 Å². The molecular formula is C20H23N3O5S. The third kappa shape index (κ3) is 5.55. The van der Waals surface area contributed by atoms with E-state index in [4.69, 9.17) is 4.74 Å².